The maximum Gasteiger partial charge on any atom is 0.244 e. The van der Waals surface area contributed by atoms with E-state index >= 15 is 0 Å². The first-order valence-corrected chi connectivity index (χ1v) is 11.0. The van der Waals surface area contributed by atoms with Gasteiger partial charge in [0.15, 0.2) is 11.5 Å². The first-order valence-electron chi connectivity index (χ1n) is 10.2. The molecule has 0 radical (unpaired) electrons. The second-order valence-electron chi connectivity index (χ2n) is 7.53. The van der Waals surface area contributed by atoms with Crippen LogP contribution in [-0.2, 0) is 6.61 Å². The number of nitrogens with one attached hydrogen (secondary N) is 1. The van der Waals surface area contributed by atoms with Crippen LogP contribution < -0.4 is 19.9 Å². The number of halogens is 1. The minimum absolute atomic E-state index is 0.0466. The van der Waals surface area contributed by atoms with Crippen LogP contribution in [0.4, 0.5) is 0 Å². The molecule has 1 atom stereocenters. The Hall–Kier alpha value is -3.44. The molecule has 164 valence electrons. The second-order valence-corrected chi connectivity index (χ2v) is 8.39. The number of allylic oxidation sites excluding steroid dienone is 1. The van der Waals surface area contributed by atoms with E-state index in [2.05, 4.69) is 38.3 Å². The van der Waals surface area contributed by atoms with Crippen LogP contribution in [0.3, 0.4) is 0 Å². The van der Waals surface area contributed by atoms with E-state index in [1.807, 2.05) is 51.1 Å². The minimum atomic E-state index is -0.441. The molecule has 0 saturated heterocycles. The lowest BCUT2D eigenvalue weighted by molar-refractivity contribution is 0.267. The summed E-state index contributed by atoms with van der Waals surface area (Å²) >= 11 is 3.64. The fourth-order valence-corrected chi connectivity index (χ4v) is 4.42. The average Bonchev–Trinajstić information content (AvgIpc) is 3.12. The maximum absolute atomic E-state index is 9.81. The lowest BCUT2D eigenvalue weighted by Crippen LogP contribution is -2.21. The Morgan fingerprint density at radius 3 is 2.78 bits per heavy atom. The molecular weight excluding hydrogens is 472 g/mol. The summed E-state index contributed by atoms with van der Waals surface area (Å²) in [7, 11) is 0. The summed E-state index contributed by atoms with van der Waals surface area (Å²) in [5, 5.41) is 16.9. The van der Waals surface area contributed by atoms with E-state index in [9.17, 15) is 5.26 Å². The van der Waals surface area contributed by atoms with Gasteiger partial charge in [-0.2, -0.15) is 5.26 Å². The highest BCUT2D eigenvalue weighted by Crippen LogP contribution is 2.46. The van der Waals surface area contributed by atoms with E-state index in [1.54, 1.807) is 0 Å². The Labute approximate surface area is 194 Å². The van der Waals surface area contributed by atoms with Gasteiger partial charge in [-0.25, -0.2) is 0 Å². The van der Waals surface area contributed by atoms with Gasteiger partial charge in [0.05, 0.1) is 17.0 Å². The summed E-state index contributed by atoms with van der Waals surface area (Å²) < 4.78 is 18.3. The third kappa shape index (κ3) is 4.04. The van der Waals surface area contributed by atoms with Crippen LogP contribution in [0.2, 0.25) is 0 Å². The normalized spacial score (nSPS) is 15.0. The van der Waals surface area contributed by atoms with Crippen LogP contribution in [0.25, 0.3) is 0 Å². The summed E-state index contributed by atoms with van der Waals surface area (Å²) in [6.07, 6.45) is 0. The number of fused-ring (bicyclic) bond motifs is 1. The van der Waals surface area contributed by atoms with Gasteiger partial charge in [0.1, 0.15) is 18.2 Å². The van der Waals surface area contributed by atoms with Gasteiger partial charge in [0.2, 0.25) is 11.8 Å². The highest BCUT2D eigenvalue weighted by molar-refractivity contribution is 9.10. The quantitative estimate of drug-likeness (QED) is 0.500. The molecule has 8 heteroatoms. The van der Waals surface area contributed by atoms with Crippen molar-refractivity contribution in [2.45, 2.75) is 33.3 Å². The van der Waals surface area contributed by atoms with Crippen molar-refractivity contribution in [1.82, 2.24) is 10.2 Å². The first kappa shape index (κ1) is 21.8. The molecule has 0 unspecified atom stereocenters. The number of H-pyrrole nitrogens is 1. The van der Waals surface area contributed by atoms with E-state index in [0.29, 0.717) is 36.2 Å². The molecule has 3 N–H and O–H groups in total. The molecule has 0 spiro atoms. The van der Waals surface area contributed by atoms with E-state index in [1.165, 1.54) is 5.56 Å². The number of aromatic amines is 1. The molecule has 32 heavy (non-hydrogen) atoms. The summed E-state index contributed by atoms with van der Waals surface area (Å²) in [5.74, 6) is 1.16. The predicted octanol–water partition coefficient (Wildman–Crippen LogP) is 4.98. The zero-order valence-electron chi connectivity index (χ0n) is 18.0. The molecule has 1 aromatic heterocycles. The number of benzene rings is 2. The van der Waals surface area contributed by atoms with Crippen molar-refractivity contribution in [3.05, 3.63) is 80.3 Å². The second kappa shape index (κ2) is 8.97. The summed E-state index contributed by atoms with van der Waals surface area (Å²) in [6.45, 7) is 6.71. The SMILES string of the molecule is CCOc1cc([C@@H]2C(C#N)=C(N)Oc3n[nH]c(C)c32)cc(Br)c1OCc1cccc(C)c1. The maximum atomic E-state index is 9.81. The molecule has 2 heterocycles. The number of aromatic nitrogens is 2. The minimum Gasteiger partial charge on any atom is -0.490 e. The van der Waals surface area contributed by atoms with Crippen LogP contribution in [0.1, 0.15) is 40.8 Å². The van der Waals surface area contributed by atoms with E-state index in [-0.39, 0.29) is 5.88 Å². The van der Waals surface area contributed by atoms with Crippen molar-refractivity contribution < 1.29 is 14.2 Å². The van der Waals surface area contributed by atoms with Gasteiger partial charge in [-0.15, -0.1) is 5.10 Å². The molecule has 1 aliphatic heterocycles. The summed E-state index contributed by atoms with van der Waals surface area (Å²) in [5.41, 5.74) is 11.0. The number of nitrogens with two attached hydrogens (primary N) is 1. The van der Waals surface area contributed by atoms with E-state index in [0.717, 1.165) is 26.9 Å². The third-order valence-corrected chi connectivity index (χ3v) is 5.85. The molecule has 0 aliphatic carbocycles. The molecular formula is C24H23BrN4O3. The average molecular weight is 495 g/mol. The van der Waals surface area contributed by atoms with Crippen molar-refractivity contribution in [3.63, 3.8) is 0 Å². The van der Waals surface area contributed by atoms with Crippen LogP contribution in [-0.4, -0.2) is 16.8 Å². The summed E-state index contributed by atoms with van der Waals surface area (Å²) in [4.78, 5) is 0. The smallest absolute Gasteiger partial charge is 0.244 e. The van der Waals surface area contributed by atoms with Crippen molar-refractivity contribution in [2.24, 2.45) is 5.73 Å². The summed E-state index contributed by atoms with van der Waals surface area (Å²) in [6, 6.07) is 14.2. The molecule has 7 nitrogen and oxygen atoms in total. The Bertz CT molecular complexity index is 1240. The highest BCUT2D eigenvalue weighted by atomic mass is 79.9. The number of rotatable bonds is 6. The fourth-order valence-electron chi connectivity index (χ4n) is 3.85. The molecule has 2 aromatic carbocycles. The van der Waals surface area contributed by atoms with Gasteiger partial charge in [-0.3, -0.25) is 5.10 Å². The number of nitrogens with zero attached hydrogens (tertiary/aromatic N) is 2. The van der Waals surface area contributed by atoms with Crippen LogP contribution in [0.15, 0.2) is 52.3 Å². The number of hydrogen-bond donors (Lipinski definition) is 2. The van der Waals surface area contributed by atoms with Gasteiger partial charge in [-0.05, 0) is 60.0 Å². The van der Waals surface area contributed by atoms with E-state index in [4.69, 9.17) is 19.9 Å². The van der Waals surface area contributed by atoms with Crippen LogP contribution in [0, 0.1) is 25.2 Å². The zero-order valence-corrected chi connectivity index (χ0v) is 19.6. The van der Waals surface area contributed by atoms with Crippen LogP contribution >= 0.6 is 15.9 Å². The predicted molar refractivity (Wildman–Crippen MR) is 123 cm³/mol. The molecule has 0 fully saturated rings. The lowest BCUT2D eigenvalue weighted by atomic mass is 9.84. The van der Waals surface area contributed by atoms with Crippen LogP contribution in [0.5, 0.6) is 17.4 Å². The Morgan fingerprint density at radius 2 is 2.06 bits per heavy atom. The third-order valence-electron chi connectivity index (χ3n) is 5.26. The number of nitriles is 1. The van der Waals surface area contributed by atoms with Crippen molar-refractivity contribution >= 4 is 15.9 Å². The van der Waals surface area contributed by atoms with Gasteiger partial charge in [0, 0.05) is 11.3 Å². The van der Waals surface area contributed by atoms with Crippen molar-refractivity contribution in [1.29, 1.82) is 5.26 Å². The fraction of sp³-hybridized carbons (Fsp3) is 0.250. The molecule has 0 saturated carbocycles. The topological polar surface area (TPSA) is 106 Å². The first-order chi connectivity index (χ1) is 15.4. The monoisotopic (exact) mass is 494 g/mol. The van der Waals surface area contributed by atoms with Gasteiger partial charge in [0.25, 0.3) is 0 Å². The number of hydrogen-bond acceptors (Lipinski definition) is 6. The van der Waals surface area contributed by atoms with Crippen molar-refractivity contribution in [2.75, 3.05) is 6.61 Å². The molecule has 3 aromatic rings. The largest absolute Gasteiger partial charge is 0.490 e. The van der Waals surface area contributed by atoms with Crippen molar-refractivity contribution in [3.8, 4) is 23.4 Å². The number of aryl methyl sites for hydroxylation is 2. The number of ether oxygens (including phenoxy) is 3. The molecule has 0 amide bonds. The zero-order chi connectivity index (χ0) is 22.8. The lowest BCUT2D eigenvalue weighted by Gasteiger charge is -2.25. The Balaban J connectivity index is 1.76. The molecule has 0 bridgehead atoms. The Morgan fingerprint density at radius 1 is 1.25 bits per heavy atom. The molecule has 1 aliphatic rings. The van der Waals surface area contributed by atoms with E-state index < -0.39 is 5.92 Å². The van der Waals surface area contributed by atoms with Gasteiger partial charge in [-0.1, -0.05) is 29.8 Å². The van der Waals surface area contributed by atoms with Gasteiger partial charge < -0.3 is 19.9 Å². The highest BCUT2D eigenvalue weighted by Gasteiger charge is 2.35. The standard InChI is InChI=1S/C24H23BrN4O3/c1-4-30-19-10-16(9-18(25)22(19)31-12-15-7-5-6-13(2)8-15)21-17(11-26)23(27)32-24-20(21)14(3)28-29-24/h5-10,21H,4,12,27H2,1-3H3,(H,28,29)/t21-/m1/s1. The van der Waals surface area contributed by atoms with Gasteiger partial charge >= 0.3 is 0 Å². The molecule has 4 rings (SSSR count). The Kier molecular flexibility index (Phi) is 6.10.